The molecule has 1 fully saturated rings. The van der Waals surface area contributed by atoms with Crippen molar-refractivity contribution in [2.75, 3.05) is 0 Å². The molecule has 0 aromatic heterocycles. The van der Waals surface area contributed by atoms with Crippen LogP contribution in [-0.4, -0.2) is 6.21 Å². The molecule has 0 aliphatic heterocycles. The number of benzene rings is 1. The van der Waals surface area contributed by atoms with Gasteiger partial charge in [0.2, 0.25) is 0 Å². The zero-order valence-corrected chi connectivity index (χ0v) is 8.29. The normalized spacial score (nSPS) is 15.6. The first-order chi connectivity index (χ1) is 6.92. The molecule has 1 saturated carbocycles. The lowest BCUT2D eigenvalue weighted by molar-refractivity contribution is 0.886. The van der Waals surface area contributed by atoms with Crippen LogP contribution in [0.5, 0.6) is 0 Å². The monoisotopic (exact) mass is 185 g/mol. The quantitative estimate of drug-likeness (QED) is 0.680. The SMILES string of the molecule is N=CC(=C1CCCC1)c1ccccc1. The van der Waals surface area contributed by atoms with Crippen molar-refractivity contribution >= 4 is 11.8 Å². The van der Waals surface area contributed by atoms with Crippen molar-refractivity contribution in [3.05, 3.63) is 41.5 Å². The van der Waals surface area contributed by atoms with Crippen molar-refractivity contribution in [3.63, 3.8) is 0 Å². The van der Waals surface area contributed by atoms with E-state index in [1.807, 2.05) is 18.2 Å². The Morgan fingerprint density at radius 1 is 1.07 bits per heavy atom. The molecule has 0 saturated heterocycles. The van der Waals surface area contributed by atoms with Crippen molar-refractivity contribution in [1.29, 1.82) is 5.41 Å². The second-order valence-corrected chi connectivity index (χ2v) is 3.73. The van der Waals surface area contributed by atoms with Gasteiger partial charge in [0.25, 0.3) is 0 Å². The predicted molar refractivity (Wildman–Crippen MR) is 60.6 cm³/mol. The van der Waals surface area contributed by atoms with Crippen molar-refractivity contribution < 1.29 is 0 Å². The number of rotatable bonds is 2. The molecule has 2 rings (SSSR count). The Morgan fingerprint density at radius 2 is 1.71 bits per heavy atom. The van der Waals surface area contributed by atoms with E-state index in [1.54, 1.807) is 0 Å². The summed E-state index contributed by atoms with van der Waals surface area (Å²) in [5, 5.41) is 7.48. The molecule has 1 aliphatic rings. The number of hydrogen-bond acceptors (Lipinski definition) is 1. The highest BCUT2D eigenvalue weighted by atomic mass is 14.3. The summed E-state index contributed by atoms with van der Waals surface area (Å²) in [4.78, 5) is 0. The molecule has 14 heavy (non-hydrogen) atoms. The van der Waals surface area contributed by atoms with Gasteiger partial charge in [0.05, 0.1) is 0 Å². The average Bonchev–Trinajstić information content (AvgIpc) is 2.74. The van der Waals surface area contributed by atoms with Gasteiger partial charge in [-0.1, -0.05) is 35.9 Å². The molecule has 0 bridgehead atoms. The minimum atomic E-state index is 1.14. The summed E-state index contributed by atoms with van der Waals surface area (Å²) in [7, 11) is 0. The molecule has 0 heterocycles. The third-order valence-electron chi connectivity index (χ3n) is 2.82. The lowest BCUT2D eigenvalue weighted by Gasteiger charge is -2.05. The van der Waals surface area contributed by atoms with E-state index in [-0.39, 0.29) is 0 Å². The number of nitrogens with one attached hydrogen (secondary N) is 1. The molecule has 1 nitrogen and oxygen atoms in total. The van der Waals surface area contributed by atoms with Gasteiger partial charge in [0.15, 0.2) is 0 Å². The minimum Gasteiger partial charge on any atom is -0.308 e. The molecule has 0 unspecified atom stereocenters. The van der Waals surface area contributed by atoms with Crippen molar-refractivity contribution in [3.8, 4) is 0 Å². The maximum absolute atomic E-state index is 7.48. The summed E-state index contributed by atoms with van der Waals surface area (Å²) in [5.74, 6) is 0. The Balaban J connectivity index is 2.39. The molecule has 1 aliphatic carbocycles. The van der Waals surface area contributed by atoms with Gasteiger partial charge in [0.1, 0.15) is 0 Å². The molecule has 1 aromatic carbocycles. The van der Waals surface area contributed by atoms with Crippen molar-refractivity contribution in [2.24, 2.45) is 0 Å². The van der Waals surface area contributed by atoms with Crippen LogP contribution in [0.15, 0.2) is 35.9 Å². The van der Waals surface area contributed by atoms with E-state index >= 15 is 0 Å². The van der Waals surface area contributed by atoms with Gasteiger partial charge in [-0.3, -0.25) is 0 Å². The molecular formula is C13H15N. The van der Waals surface area contributed by atoms with Gasteiger partial charge < -0.3 is 5.41 Å². The Hall–Kier alpha value is -1.37. The topological polar surface area (TPSA) is 23.9 Å². The van der Waals surface area contributed by atoms with Crippen LogP contribution in [0.4, 0.5) is 0 Å². The van der Waals surface area contributed by atoms with Gasteiger partial charge in [-0.15, -0.1) is 0 Å². The molecule has 0 atom stereocenters. The van der Waals surface area contributed by atoms with Crippen LogP contribution in [0, 0.1) is 5.41 Å². The van der Waals surface area contributed by atoms with E-state index in [4.69, 9.17) is 5.41 Å². The summed E-state index contributed by atoms with van der Waals surface area (Å²) in [5.41, 5.74) is 3.80. The first-order valence-corrected chi connectivity index (χ1v) is 5.20. The Bertz CT molecular complexity index is 341. The van der Waals surface area contributed by atoms with E-state index < -0.39 is 0 Å². The van der Waals surface area contributed by atoms with Crippen molar-refractivity contribution in [1.82, 2.24) is 0 Å². The van der Waals surface area contributed by atoms with Crippen LogP contribution >= 0.6 is 0 Å². The smallest absolute Gasteiger partial charge is 0.0255 e. The van der Waals surface area contributed by atoms with Gasteiger partial charge in [0, 0.05) is 6.21 Å². The van der Waals surface area contributed by atoms with Gasteiger partial charge in [-0.25, -0.2) is 0 Å². The fraction of sp³-hybridized carbons (Fsp3) is 0.308. The Morgan fingerprint density at radius 3 is 2.29 bits per heavy atom. The minimum absolute atomic E-state index is 1.14. The van der Waals surface area contributed by atoms with Crippen LogP contribution in [-0.2, 0) is 0 Å². The summed E-state index contributed by atoms with van der Waals surface area (Å²) in [6, 6.07) is 10.3. The fourth-order valence-electron chi connectivity index (χ4n) is 2.08. The lowest BCUT2D eigenvalue weighted by Crippen LogP contribution is -1.89. The van der Waals surface area contributed by atoms with Gasteiger partial charge in [-0.05, 0) is 36.8 Å². The molecule has 72 valence electrons. The Labute approximate surface area is 85.0 Å². The zero-order chi connectivity index (χ0) is 9.80. The van der Waals surface area contributed by atoms with E-state index in [0.717, 1.165) is 5.57 Å². The molecule has 0 amide bonds. The number of hydrogen-bond donors (Lipinski definition) is 1. The van der Waals surface area contributed by atoms with Gasteiger partial charge in [-0.2, -0.15) is 0 Å². The molecular weight excluding hydrogens is 170 g/mol. The van der Waals surface area contributed by atoms with E-state index in [0.29, 0.717) is 0 Å². The highest BCUT2D eigenvalue weighted by Crippen LogP contribution is 2.30. The van der Waals surface area contributed by atoms with E-state index in [2.05, 4.69) is 12.1 Å². The van der Waals surface area contributed by atoms with Gasteiger partial charge >= 0.3 is 0 Å². The predicted octanol–water partition coefficient (Wildman–Crippen LogP) is 3.66. The second-order valence-electron chi connectivity index (χ2n) is 3.73. The molecule has 1 aromatic rings. The van der Waals surface area contributed by atoms with Crippen LogP contribution in [0.1, 0.15) is 31.2 Å². The summed E-state index contributed by atoms with van der Waals surface area (Å²) in [6.07, 6.45) is 6.45. The summed E-state index contributed by atoms with van der Waals surface area (Å²) < 4.78 is 0. The van der Waals surface area contributed by atoms with Crippen LogP contribution in [0.3, 0.4) is 0 Å². The number of allylic oxidation sites excluding steroid dienone is 2. The van der Waals surface area contributed by atoms with Crippen LogP contribution in [0.25, 0.3) is 5.57 Å². The van der Waals surface area contributed by atoms with E-state index in [1.165, 1.54) is 43.0 Å². The summed E-state index contributed by atoms with van der Waals surface area (Å²) in [6.45, 7) is 0. The first-order valence-electron chi connectivity index (χ1n) is 5.20. The highest BCUT2D eigenvalue weighted by molar-refractivity contribution is 6.09. The molecule has 1 N–H and O–H groups in total. The average molecular weight is 185 g/mol. The largest absolute Gasteiger partial charge is 0.308 e. The molecule has 1 heteroatoms. The fourth-order valence-corrected chi connectivity index (χ4v) is 2.08. The molecule has 0 spiro atoms. The van der Waals surface area contributed by atoms with Crippen molar-refractivity contribution in [2.45, 2.75) is 25.7 Å². The first kappa shape index (κ1) is 9.20. The Kier molecular flexibility index (Phi) is 2.78. The third kappa shape index (κ3) is 1.77. The van der Waals surface area contributed by atoms with Crippen LogP contribution < -0.4 is 0 Å². The molecule has 0 radical (unpaired) electrons. The van der Waals surface area contributed by atoms with E-state index in [9.17, 15) is 0 Å². The maximum Gasteiger partial charge on any atom is 0.0255 e. The standard InChI is InChI=1S/C13H15N/c14-10-13(12-8-4-5-9-12)11-6-2-1-3-7-11/h1-3,6-7,10,14H,4-5,8-9H2. The maximum atomic E-state index is 7.48. The zero-order valence-electron chi connectivity index (χ0n) is 8.29. The lowest BCUT2D eigenvalue weighted by atomic mass is 10.00. The third-order valence-corrected chi connectivity index (χ3v) is 2.82. The second kappa shape index (κ2) is 4.23. The van der Waals surface area contributed by atoms with Crippen LogP contribution in [0.2, 0.25) is 0 Å². The summed E-state index contributed by atoms with van der Waals surface area (Å²) >= 11 is 0. The highest BCUT2D eigenvalue weighted by Gasteiger charge is 2.11.